The molecule has 0 spiro atoms. The predicted molar refractivity (Wildman–Crippen MR) is 118 cm³/mol. The fourth-order valence-electron chi connectivity index (χ4n) is 1.63. The second kappa shape index (κ2) is 19.7. The van der Waals surface area contributed by atoms with E-state index in [-0.39, 0.29) is 6.10 Å². The molecule has 0 aromatic carbocycles. The maximum Gasteiger partial charge on any atom is 0.129 e. The SMILES string of the molecule is CC(=O)CCC(C)C.CC(C)CCC(C)I.CC(C)CCC(C)O. The lowest BCUT2D eigenvalue weighted by atomic mass is 10.1. The maximum atomic E-state index is 10.3. The third kappa shape index (κ3) is 43.2. The number of halogens is 1. The summed E-state index contributed by atoms with van der Waals surface area (Å²) in [5, 5.41) is 8.80. The Morgan fingerprint density at radius 2 is 1.12 bits per heavy atom. The molecule has 0 saturated heterocycles. The molecule has 3 heteroatoms. The maximum absolute atomic E-state index is 10.3. The first-order chi connectivity index (χ1) is 10.9. The topological polar surface area (TPSA) is 37.3 Å². The van der Waals surface area contributed by atoms with Crippen LogP contribution < -0.4 is 0 Å². The van der Waals surface area contributed by atoms with E-state index in [1.807, 2.05) is 6.92 Å². The Bertz CT molecular complexity index is 227. The van der Waals surface area contributed by atoms with Crippen LogP contribution in [0.5, 0.6) is 0 Å². The highest BCUT2D eigenvalue weighted by Gasteiger charge is 1.98. The zero-order valence-corrected chi connectivity index (χ0v) is 20.0. The van der Waals surface area contributed by atoms with Crippen LogP contribution in [0.1, 0.15) is 101 Å². The van der Waals surface area contributed by atoms with Crippen molar-refractivity contribution in [3.8, 4) is 0 Å². The largest absolute Gasteiger partial charge is 0.393 e. The van der Waals surface area contributed by atoms with Gasteiger partial charge in [-0.1, -0.05) is 71.1 Å². The van der Waals surface area contributed by atoms with E-state index in [2.05, 4.69) is 71.1 Å². The molecule has 0 radical (unpaired) electrons. The lowest BCUT2D eigenvalue weighted by molar-refractivity contribution is -0.117. The monoisotopic (exact) mass is 456 g/mol. The lowest BCUT2D eigenvalue weighted by Gasteiger charge is -2.04. The van der Waals surface area contributed by atoms with Crippen molar-refractivity contribution in [2.24, 2.45) is 17.8 Å². The van der Waals surface area contributed by atoms with Gasteiger partial charge in [-0.15, -0.1) is 0 Å². The summed E-state index contributed by atoms with van der Waals surface area (Å²) in [6.45, 7) is 18.9. The van der Waals surface area contributed by atoms with Crippen LogP contribution in [-0.2, 0) is 4.79 Å². The number of alkyl halides is 1. The Balaban J connectivity index is -0.000000276. The molecule has 0 rings (SSSR count). The first-order valence-corrected chi connectivity index (χ1v) is 10.9. The first kappa shape index (κ1) is 29.1. The highest BCUT2D eigenvalue weighted by Crippen LogP contribution is 2.12. The van der Waals surface area contributed by atoms with Gasteiger partial charge in [0.1, 0.15) is 5.78 Å². The van der Waals surface area contributed by atoms with Gasteiger partial charge in [-0.05, 0) is 63.7 Å². The van der Waals surface area contributed by atoms with Crippen LogP contribution >= 0.6 is 22.6 Å². The molecule has 0 aliphatic carbocycles. The molecule has 0 saturated carbocycles. The molecule has 0 heterocycles. The average molecular weight is 456 g/mol. The van der Waals surface area contributed by atoms with Gasteiger partial charge in [0.15, 0.2) is 0 Å². The predicted octanol–water partition coefficient (Wildman–Crippen LogP) is 7.06. The standard InChI is InChI=1S/C7H15I.C7H16O.C7H14O/c3*1-6(2)4-5-7(3)8/h6-7H,4-5H2,1-3H3;6-8H,4-5H2,1-3H3;6H,4-5H2,1-3H3. The molecule has 0 aromatic heterocycles. The number of Topliss-reactive ketones (excluding diaryl/α,β-unsaturated/α-hetero) is 1. The third-order valence-electron chi connectivity index (χ3n) is 3.38. The van der Waals surface area contributed by atoms with Gasteiger partial charge >= 0.3 is 0 Å². The van der Waals surface area contributed by atoms with Crippen LogP contribution in [0, 0.1) is 17.8 Å². The normalized spacial score (nSPS) is 13.1. The molecule has 1 N–H and O–H groups in total. The summed E-state index contributed by atoms with van der Waals surface area (Å²) in [7, 11) is 0. The number of carbonyl (C=O) groups is 1. The molecule has 2 nitrogen and oxygen atoms in total. The summed E-state index contributed by atoms with van der Waals surface area (Å²) in [6, 6.07) is 0. The van der Waals surface area contributed by atoms with Gasteiger partial charge in [-0.2, -0.15) is 0 Å². The zero-order chi connectivity index (χ0) is 19.7. The molecule has 2 unspecified atom stereocenters. The highest BCUT2D eigenvalue weighted by atomic mass is 127. The van der Waals surface area contributed by atoms with E-state index >= 15 is 0 Å². The molecule has 24 heavy (non-hydrogen) atoms. The summed E-state index contributed by atoms with van der Waals surface area (Å²) in [6.07, 6.45) is 6.50. The van der Waals surface area contributed by atoms with Crippen LogP contribution in [0.4, 0.5) is 0 Å². The van der Waals surface area contributed by atoms with Crippen LogP contribution in [0.25, 0.3) is 0 Å². The minimum absolute atomic E-state index is 0.114. The number of aliphatic hydroxyl groups is 1. The van der Waals surface area contributed by atoms with Gasteiger partial charge in [0, 0.05) is 10.3 Å². The summed E-state index contributed by atoms with van der Waals surface area (Å²) < 4.78 is 0.856. The number of carbonyl (C=O) groups excluding carboxylic acids is 1. The van der Waals surface area contributed by atoms with E-state index in [4.69, 9.17) is 5.11 Å². The van der Waals surface area contributed by atoms with E-state index in [9.17, 15) is 4.79 Å². The first-order valence-electron chi connectivity index (χ1n) is 9.69. The second-order valence-corrected chi connectivity index (χ2v) is 10.3. The van der Waals surface area contributed by atoms with Crippen LogP contribution in [0.2, 0.25) is 0 Å². The average Bonchev–Trinajstić information content (AvgIpc) is 2.42. The third-order valence-corrected chi connectivity index (χ3v) is 4.00. The molecule has 0 aliphatic rings. The summed E-state index contributed by atoms with van der Waals surface area (Å²) in [4.78, 5) is 10.3. The highest BCUT2D eigenvalue weighted by molar-refractivity contribution is 14.1. The lowest BCUT2D eigenvalue weighted by Crippen LogP contribution is -2.00. The van der Waals surface area contributed by atoms with Crippen molar-refractivity contribution < 1.29 is 9.90 Å². The fourth-order valence-corrected chi connectivity index (χ4v) is 1.99. The van der Waals surface area contributed by atoms with Gasteiger partial charge in [0.25, 0.3) is 0 Å². The van der Waals surface area contributed by atoms with E-state index in [0.717, 1.165) is 41.4 Å². The molecular formula is C21H45IO2. The Morgan fingerprint density at radius 3 is 1.25 bits per heavy atom. The Hall–Kier alpha value is 0.360. The van der Waals surface area contributed by atoms with E-state index < -0.39 is 0 Å². The fraction of sp³-hybridized carbons (Fsp3) is 0.952. The molecule has 2 atom stereocenters. The molecular weight excluding hydrogens is 411 g/mol. The van der Waals surface area contributed by atoms with Crippen molar-refractivity contribution >= 4 is 28.4 Å². The van der Waals surface area contributed by atoms with Crippen molar-refractivity contribution in [2.75, 3.05) is 0 Å². The van der Waals surface area contributed by atoms with E-state index in [1.165, 1.54) is 12.8 Å². The van der Waals surface area contributed by atoms with Gasteiger partial charge < -0.3 is 9.90 Å². The minimum atomic E-state index is -0.114. The second-order valence-electron chi connectivity index (χ2n) is 8.21. The molecule has 0 bridgehead atoms. The molecule has 0 amide bonds. The van der Waals surface area contributed by atoms with Crippen LogP contribution in [0.3, 0.4) is 0 Å². The Labute approximate surface area is 166 Å². The number of aliphatic hydroxyl groups excluding tert-OH is 1. The van der Waals surface area contributed by atoms with Crippen molar-refractivity contribution in [3.63, 3.8) is 0 Å². The minimum Gasteiger partial charge on any atom is -0.393 e. The van der Waals surface area contributed by atoms with Crippen molar-refractivity contribution in [3.05, 3.63) is 0 Å². The van der Waals surface area contributed by atoms with Gasteiger partial charge in [-0.3, -0.25) is 0 Å². The molecule has 0 fully saturated rings. The Kier molecular flexibility index (Phi) is 23.9. The van der Waals surface area contributed by atoms with Crippen molar-refractivity contribution in [1.29, 1.82) is 0 Å². The Morgan fingerprint density at radius 1 is 0.750 bits per heavy atom. The number of rotatable bonds is 9. The quantitative estimate of drug-likeness (QED) is 0.298. The van der Waals surface area contributed by atoms with Crippen molar-refractivity contribution in [1.82, 2.24) is 0 Å². The number of ketones is 1. The van der Waals surface area contributed by atoms with E-state index in [1.54, 1.807) is 6.92 Å². The number of hydrogen-bond acceptors (Lipinski definition) is 2. The van der Waals surface area contributed by atoms with Gasteiger partial charge in [0.05, 0.1) is 6.10 Å². The van der Waals surface area contributed by atoms with E-state index in [0.29, 0.717) is 11.7 Å². The summed E-state index contributed by atoms with van der Waals surface area (Å²) in [5.74, 6) is 2.58. The molecule has 0 aromatic rings. The smallest absolute Gasteiger partial charge is 0.129 e. The summed E-state index contributed by atoms with van der Waals surface area (Å²) in [5.41, 5.74) is 0. The van der Waals surface area contributed by atoms with Gasteiger partial charge in [0.2, 0.25) is 0 Å². The molecule has 0 aliphatic heterocycles. The van der Waals surface area contributed by atoms with Crippen LogP contribution in [-0.4, -0.2) is 20.9 Å². The zero-order valence-electron chi connectivity index (χ0n) is 17.9. The molecule has 148 valence electrons. The number of hydrogen-bond donors (Lipinski definition) is 1. The van der Waals surface area contributed by atoms with Crippen molar-refractivity contribution in [2.45, 2.75) is 111 Å². The van der Waals surface area contributed by atoms with Crippen LogP contribution in [0.15, 0.2) is 0 Å². The van der Waals surface area contributed by atoms with Gasteiger partial charge in [-0.25, -0.2) is 0 Å². The summed E-state index contributed by atoms with van der Waals surface area (Å²) >= 11 is 2.48.